The van der Waals surface area contributed by atoms with Crippen LogP contribution in [0.2, 0.25) is 0 Å². The number of amides is 1. The number of benzene rings is 1. The van der Waals surface area contributed by atoms with Crippen LogP contribution in [0.1, 0.15) is 26.4 Å². The van der Waals surface area contributed by atoms with Gasteiger partial charge in [0.25, 0.3) is 5.91 Å². The van der Waals surface area contributed by atoms with Gasteiger partial charge in [0.15, 0.2) is 5.69 Å². The van der Waals surface area contributed by atoms with Crippen LogP contribution in [0.3, 0.4) is 0 Å². The normalized spacial score (nSPS) is 10.2. The number of rotatable bonds is 4. The number of nitrogens with zero attached hydrogens (tertiary/aromatic N) is 1. The summed E-state index contributed by atoms with van der Waals surface area (Å²) in [6.07, 6.45) is 3.30. The Morgan fingerprint density at radius 3 is 2.71 bits per heavy atom. The van der Waals surface area contributed by atoms with Gasteiger partial charge in [0.2, 0.25) is 0 Å². The van der Waals surface area contributed by atoms with Crippen LogP contribution in [0.15, 0.2) is 41.4 Å². The summed E-state index contributed by atoms with van der Waals surface area (Å²) in [5.74, 6) is -1.53. The summed E-state index contributed by atoms with van der Waals surface area (Å²) in [5.41, 5.74) is 1.35. The van der Waals surface area contributed by atoms with E-state index in [0.717, 1.165) is 10.5 Å². The van der Waals surface area contributed by atoms with Crippen LogP contribution in [0, 0.1) is 6.92 Å². The molecule has 0 radical (unpaired) electrons. The molecule has 2 N–H and O–H groups in total. The number of anilines is 1. The largest absolute Gasteiger partial charge is 0.476 e. The molecule has 2 rings (SSSR count). The topological polar surface area (TPSA) is 79.3 Å². The number of hydrogen-bond donors (Lipinski definition) is 2. The zero-order chi connectivity index (χ0) is 15.4. The van der Waals surface area contributed by atoms with Crippen molar-refractivity contribution < 1.29 is 14.7 Å². The van der Waals surface area contributed by atoms with Crippen LogP contribution in [0.4, 0.5) is 5.69 Å². The molecule has 0 saturated carbocycles. The smallest absolute Gasteiger partial charge is 0.356 e. The summed E-state index contributed by atoms with van der Waals surface area (Å²) in [6.45, 7) is 1.83. The molecule has 6 heteroatoms. The SMILES string of the molecule is CSc1ccc(C)c(C(=O)Nc2cccnc2C(=O)O)c1. The quantitative estimate of drug-likeness (QED) is 0.849. The number of carbonyl (C=O) groups excluding carboxylic acids is 1. The molecule has 0 bridgehead atoms. The molecule has 0 aliphatic heterocycles. The van der Waals surface area contributed by atoms with E-state index >= 15 is 0 Å². The maximum absolute atomic E-state index is 12.3. The Kier molecular flexibility index (Phi) is 4.59. The molecule has 0 unspecified atom stereocenters. The lowest BCUT2D eigenvalue weighted by Gasteiger charge is -2.10. The van der Waals surface area contributed by atoms with E-state index in [1.165, 1.54) is 24.0 Å². The van der Waals surface area contributed by atoms with Gasteiger partial charge in [-0.25, -0.2) is 9.78 Å². The molecule has 1 aromatic carbocycles. The lowest BCUT2D eigenvalue weighted by Crippen LogP contribution is -2.16. The van der Waals surface area contributed by atoms with Crippen molar-refractivity contribution in [2.24, 2.45) is 0 Å². The molecule has 0 aliphatic carbocycles. The van der Waals surface area contributed by atoms with Crippen molar-refractivity contribution in [3.63, 3.8) is 0 Å². The highest BCUT2D eigenvalue weighted by molar-refractivity contribution is 7.98. The summed E-state index contributed by atoms with van der Waals surface area (Å²) in [4.78, 5) is 28.2. The fourth-order valence-corrected chi connectivity index (χ4v) is 2.28. The third kappa shape index (κ3) is 3.41. The maximum Gasteiger partial charge on any atom is 0.356 e. The molecule has 1 amide bonds. The van der Waals surface area contributed by atoms with Gasteiger partial charge in [0, 0.05) is 16.7 Å². The summed E-state index contributed by atoms with van der Waals surface area (Å²) in [6, 6.07) is 8.67. The fourth-order valence-electron chi connectivity index (χ4n) is 1.84. The summed E-state index contributed by atoms with van der Waals surface area (Å²) in [7, 11) is 0. The molecule has 0 atom stereocenters. The van der Waals surface area contributed by atoms with Crippen molar-refractivity contribution in [2.75, 3.05) is 11.6 Å². The fraction of sp³-hybridized carbons (Fsp3) is 0.133. The maximum atomic E-state index is 12.3. The lowest BCUT2D eigenvalue weighted by atomic mass is 10.1. The van der Waals surface area contributed by atoms with Crippen molar-refractivity contribution in [2.45, 2.75) is 11.8 Å². The first-order valence-corrected chi connectivity index (χ1v) is 7.39. The molecule has 0 aliphatic rings. The minimum absolute atomic E-state index is 0.176. The summed E-state index contributed by atoms with van der Waals surface area (Å²) in [5, 5.41) is 11.7. The average molecular weight is 302 g/mol. The van der Waals surface area contributed by atoms with E-state index in [0.29, 0.717) is 5.56 Å². The number of carboxylic acid groups (broad SMARTS) is 1. The van der Waals surface area contributed by atoms with E-state index < -0.39 is 5.97 Å². The van der Waals surface area contributed by atoms with Crippen LogP contribution >= 0.6 is 11.8 Å². The van der Waals surface area contributed by atoms with Crippen molar-refractivity contribution >= 4 is 29.3 Å². The predicted octanol–water partition coefficient (Wildman–Crippen LogP) is 3.06. The van der Waals surface area contributed by atoms with E-state index in [1.54, 1.807) is 12.1 Å². The second kappa shape index (κ2) is 6.41. The summed E-state index contributed by atoms with van der Waals surface area (Å²) >= 11 is 1.54. The lowest BCUT2D eigenvalue weighted by molar-refractivity contribution is 0.0692. The standard InChI is InChI=1S/C15H14N2O3S/c1-9-5-6-10(21-2)8-11(9)14(18)17-12-4-3-7-16-13(12)15(19)20/h3-8H,1-2H3,(H,17,18)(H,19,20). The number of carbonyl (C=O) groups is 2. The molecule has 2 aromatic rings. The van der Waals surface area contributed by atoms with Gasteiger partial charge in [-0.05, 0) is 43.0 Å². The Balaban J connectivity index is 2.33. The predicted molar refractivity (Wildman–Crippen MR) is 82.1 cm³/mol. The highest BCUT2D eigenvalue weighted by atomic mass is 32.2. The van der Waals surface area contributed by atoms with Gasteiger partial charge < -0.3 is 10.4 Å². The second-order valence-electron chi connectivity index (χ2n) is 4.34. The van der Waals surface area contributed by atoms with E-state index in [-0.39, 0.29) is 17.3 Å². The highest BCUT2D eigenvalue weighted by Crippen LogP contribution is 2.21. The Morgan fingerprint density at radius 2 is 2.05 bits per heavy atom. The van der Waals surface area contributed by atoms with Crippen LogP contribution in [-0.4, -0.2) is 28.2 Å². The first-order chi connectivity index (χ1) is 10.0. The van der Waals surface area contributed by atoms with Crippen molar-refractivity contribution in [3.8, 4) is 0 Å². The zero-order valence-electron chi connectivity index (χ0n) is 11.6. The number of carboxylic acids is 1. The third-order valence-electron chi connectivity index (χ3n) is 2.95. The second-order valence-corrected chi connectivity index (χ2v) is 5.22. The molecular formula is C15H14N2O3S. The van der Waals surface area contributed by atoms with E-state index in [4.69, 9.17) is 5.11 Å². The van der Waals surface area contributed by atoms with E-state index in [2.05, 4.69) is 10.3 Å². The van der Waals surface area contributed by atoms with Crippen LogP contribution in [-0.2, 0) is 0 Å². The van der Waals surface area contributed by atoms with Gasteiger partial charge in [-0.15, -0.1) is 11.8 Å². The number of thioether (sulfide) groups is 1. The van der Waals surface area contributed by atoms with Gasteiger partial charge in [0.1, 0.15) is 0 Å². The molecule has 1 heterocycles. The Hall–Kier alpha value is -2.34. The molecule has 0 fully saturated rings. The molecule has 0 saturated heterocycles. The number of nitrogens with one attached hydrogen (secondary N) is 1. The number of aromatic carboxylic acids is 1. The third-order valence-corrected chi connectivity index (χ3v) is 3.67. The van der Waals surface area contributed by atoms with Crippen molar-refractivity contribution in [3.05, 3.63) is 53.3 Å². The number of pyridine rings is 1. The number of aromatic nitrogens is 1. The number of aryl methyl sites for hydroxylation is 1. The van der Waals surface area contributed by atoms with Gasteiger partial charge in [-0.3, -0.25) is 4.79 Å². The van der Waals surface area contributed by atoms with E-state index in [1.807, 2.05) is 25.3 Å². The molecule has 21 heavy (non-hydrogen) atoms. The van der Waals surface area contributed by atoms with E-state index in [9.17, 15) is 9.59 Å². The minimum Gasteiger partial charge on any atom is -0.476 e. The van der Waals surface area contributed by atoms with Gasteiger partial charge in [-0.1, -0.05) is 6.07 Å². The Morgan fingerprint density at radius 1 is 1.29 bits per heavy atom. The Bertz CT molecular complexity index is 701. The molecule has 1 aromatic heterocycles. The molecule has 108 valence electrons. The van der Waals surface area contributed by atoms with Gasteiger partial charge >= 0.3 is 5.97 Å². The van der Waals surface area contributed by atoms with Crippen LogP contribution in [0.25, 0.3) is 0 Å². The van der Waals surface area contributed by atoms with Crippen molar-refractivity contribution in [1.29, 1.82) is 0 Å². The first-order valence-electron chi connectivity index (χ1n) is 6.17. The van der Waals surface area contributed by atoms with Crippen LogP contribution in [0.5, 0.6) is 0 Å². The monoisotopic (exact) mass is 302 g/mol. The highest BCUT2D eigenvalue weighted by Gasteiger charge is 2.16. The molecular weight excluding hydrogens is 288 g/mol. The van der Waals surface area contributed by atoms with Crippen molar-refractivity contribution in [1.82, 2.24) is 4.98 Å². The Labute approximate surface area is 126 Å². The first kappa shape index (κ1) is 15.1. The van der Waals surface area contributed by atoms with Gasteiger partial charge in [-0.2, -0.15) is 0 Å². The summed E-state index contributed by atoms with van der Waals surface area (Å²) < 4.78 is 0. The molecule has 5 nitrogen and oxygen atoms in total. The average Bonchev–Trinajstić information content (AvgIpc) is 2.48. The van der Waals surface area contributed by atoms with Crippen LogP contribution < -0.4 is 5.32 Å². The zero-order valence-corrected chi connectivity index (χ0v) is 12.4. The number of hydrogen-bond acceptors (Lipinski definition) is 4. The van der Waals surface area contributed by atoms with Gasteiger partial charge in [0.05, 0.1) is 5.69 Å². The molecule has 0 spiro atoms. The minimum atomic E-state index is -1.18.